The van der Waals surface area contributed by atoms with Crippen molar-refractivity contribution in [1.82, 2.24) is 41.0 Å². The predicted octanol–water partition coefficient (Wildman–Crippen LogP) is 2.79. The molecule has 3 aliphatic carbocycles. The third-order valence-corrected chi connectivity index (χ3v) is 15.4. The number of likely N-dealkylation sites (tertiary alicyclic amines) is 2. The molecule has 6 aliphatic rings. The van der Waals surface area contributed by atoms with Gasteiger partial charge in [0.25, 0.3) is 11.5 Å². The summed E-state index contributed by atoms with van der Waals surface area (Å²) in [4.78, 5) is 91.0. The number of carbonyl (C=O) groups is 5. The molecule has 5 fully saturated rings. The molecular formula is C48H58N10O8. The van der Waals surface area contributed by atoms with Gasteiger partial charge in [-0.25, -0.2) is 4.79 Å². The topological polar surface area (TPSA) is 255 Å². The van der Waals surface area contributed by atoms with E-state index in [4.69, 9.17) is 9.47 Å². The lowest BCUT2D eigenvalue weighted by molar-refractivity contribution is -0.127. The van der Waals surface area contributed by atoms with Crippen LogP contribution in [0, 0.1) is 51.7 Å². The van der Waals surface area contributed by atoms with Crippen molar-refractivity contribution in [3.05, 3.63) is 63.7 Å². The molecule has 66 heavy (non-hydrogen) atoms. The molecule has 18 heteroatoms. The molecule has 9 atom stereocenters. The van der Waals surface area contributed by atoms with Crippen molar-refractivity contribution >= 4 is 40.6 Å². The second kappa shape index (κ2) is 18.1. The molecule has 3 saturated heterocycles. The monoisotopic (exact) mass is 902 g/mol. The van der Waals surface area contributed by atoms with Crippen LogP contribution >= 0.6 is 0 Å². The van der Waals surface area contributed by atoms with Crippen LogP contribution in [0.25, 0.3) is 10.9 Å². The summed E-state index contributed by atoms with van der Waals surface area (Å²) in [5, 5.41) is 32.7. The van der Waals surface area contributed by atoms with Crippen molar-refractivity contribution in [3.63, 3.8) is 0 Å². The van der Waals surface area contributed by atoms with Crippen molar-refractivity contribution in [1.29, 1.82) is 10.5 Å². The number of aromatic nitrogens is 2. The molecule has 9 rings (SSSR count). The molecule has 0 radical (unpaired) electrons. The number of carbonyl (C=O) groups excluding carboxylic acids is 5. The number of ether oxygens (including phenoxy) is 2. The van der Waals surface area contributed by atoms with E-state index < -0.39 is 47.5 Å². The van der Waals surface area contributed by atoms with E-state index >= 15 is 0 Å². The number of nitriles is 2. The molecule has 1 aromatic carbocycles. The fourth-order valence-electron chi connectivity index (χ4n) is 11.7. The number of fused-ring (bicyclic) bond motifs is 2. The highest BCUT2D eigenvalue weighted by Gasteiger charge is 2.57. The molecule has 3 aliphatic heterocycles. The zero-order valence-electron chi connectivity index (χ0n) is 37.5. The molecule has 9 unspecified atom stereocenters. The van der Waals surface area contributed by atoms with Gasteiger partial charge in [0, 0.05) is 67.6 Å². The Kier molecular flexibility index (Phi) is 12.3. The first kappa shape index (κ1) is 44.8. The Balaban J connectivity index is 0.899. The normalized spacial score (nSPS) is 29.1. The van der Waals surface area contributed by atoms with E-state index in [0.717, 1.165) is 38.8 Å². The van der Waals surface area contributed by atoms with E-state index in [-0.39, 0.29) is 71.6 Å². The molecule has 0 bridgehead atoms. The molecule has 5 amide bonds. The number of hydrogen-bond acceptors (Lipinski definition) is 11. The van der Waals surface area contributed by atoms with Gasteiger partial charge in [0.1, 0.15) is 41.2 Å². The Morgan fingerprint density at radius 2 is 1.83 bits per heavy atom. The van der Waals surface area contributed by atoms with Crippen molar-refractivity contribution in [3.8, 4) is 17.9 Å². The molecule has 2 aromatic heterocycles. The fourth-order valence-corrected chi connectivity index (χ4v) is 11.7. The first-order chi connectivity index (χ1) is 31.8. The summed E-state index contributed by atoms with van der Waals surface area (Å²) in [5.74, 6) is -0.803. The van der Waals surface area contributed by atoms with Gasteiger partial charge in [-0.2, -0.15) is 10.5 Å². The summed E-state index contributed by atoms with van der Waals surface area (Å²) in [6.07, 6.45) is 7.05. The zero-order chi connectivity index (χ0) is 46.3. The second-order valence-electron chi connectivity index (χ2n) is 19.8. The van der Waals surface area contributed by atoms with E-state index in [2.05, 4.69) is 48.3 Å². The maximum absolute atomic E-state index is 14.4. The summed E-state index contributed by atoms with van der Waals surface area (Å²) < 4.78 is 11.6. The zero-order valence-corrected chi connectivity index (χ0v) is 37.5. The first-order valence-corrected chi connectivity index (χ1v) is 23.3. The summed E-state index contributed by atoms with van der Waals surface area (Å²) in [6, 6.07) is 10.5. The summed E-state index contributed by atoms with van der Waals surface area (Å²) in [7, 11) is 3.58. The minimum absolute atomic E-state index is 0.0376. The van der Waals surface area contributed by atoms with Crippen LogP contribution in [-0.4, -0.2) is 120 Å². The lowest BCUT2D eigenvalue weighted by Crippen LogP contribution is -2.56. The molecule has 348 valence electrons. The minimum atomic E-state index is -1.37. The Morgan fingerprint density at radius 1 is 1.02 bits per heavy atom. The third kappa shape index (κ3) is 9.07. The number of amides is 5. The lowest BCUT2D eigenvalue weighted by Gasteiger charge is -2.31. The van der Waals surface area contributed by atoms with Crippen LogP contribution in [-0.2, 0) is 32.0 Å². The Hall–Kier alpha value is -6.40. The van der Waals surface area contributed by atoms with E-state index in [0.29, 0.717) is 73.0 Å². The number of nitrogens with one attached hydrogen (secondary N) is 6. The van der Waals surface area contributed by atoms with Gasteiger partial charge in [-0.05, 0) is 124 Å². The van der Waals surface area contributed by atoms with Gasteiger partial charge in [0.15, 0.2) is 0 Å². The quantitative estimate of drug-likeness (QED) is 0.145. The number of hydrogen-bond donors (Lipinski definition) is 6. The van der Waals surface area contributed by atoms with E-state index in [1.54, 1.807) is 30.2 Å². The number of aromatic amines is 2. The SMILES string of the molecule is COc1cccc2[nH]c(C(=O)NC(CC3CC3C3CCC4(C3)CC(C(=O)NC(C#N)CC3CCNC3=O)N(C(=O)OC3CCN(C)CC3)C4)C(=O)NC3(C#N)Cc4cc[nH]c(=O)c4C3)cc12. The van der Waals surface area contributed by atoms with Gasteiger partial charge in [0.05, 0.1) is 19.2 Å². The Morgan fingerprint density at radius 3 is 2.56 bits per heavy atom. The Bertz CT molecular complexity index is 2550. The van der Waals surface area contributed by atoms with E-state index in [1.807, 2.05) is 19.2 Å². The molecule has 6 N–H and O–H groups in total. The van der Waals surface area contributed by atoms with Crippen molar-refractivity contribution in [2.45, 2.75) is 107 Å². The number of rotatable bonds is 13. The fraction of sp³-hybridized carbons (Fsp3) is 0.583. The largest absolute Gasteiger partial charge is 0.496 e. The highest BCUT2D eigenvalue weighted by molar-refractivity contribution is 6.01. The van der Waals surface area contributed by atoms with Crippen LogP contribution < -0.4 is 31.6 Å². The molecular weight excluding hydrogens is 845 g/mol. The van der Waals surface area contributed by atoms with Gasteiger partial charge >= 0.3 is 6.09 Å². The summed E-state index contributed by atoms with van der Waals surface area (Å²) in [5.41, 5.74) is 0.0441. The standard InChI is InChI=1S/C48H58N10O8/c1-57-14-9-32(10-15-57)66-46(64)58-26-47(23-39(58)45(63)53-31(24-49)16-27-7-12-51-41(27)59)11-6-28(20-47)33-17-30(33)18-37(55-43(61)38-19-34-36(54-38)4-3-5-40(34)65-2)44(62)56-48(25-50)21-29-8-13-52-42(60)35(29)22-48/h3-5,8,13,19,27-28,30-33,37,39,54H,6-7,9-12,14-18,20-23,26H2,1-2H3,(H,51,59)(H,52,60)(H,53,63)(H,55,61)(H,56,62). The molecule has 2 saturated carbocycles. The van der Waals surface area contributed by atoms with Crippen molar-refractivity contribution in [2.75, 3.05) is 40.3 Å². The maximum atomic E-state index is 14.4. The molecule has 3 aromatic rings. The molecule has 1 spiro atoms. The number of benzene rings is 1. The average molecular weight is 903 g/mol. The van der Waals surface area contributed by atoms with Gasteiger partial charge in [-0.1, -0.05) is 6.07 Å². The lowest BCUT2D eigenvalue weighted by atomic mass is 9.82. The minimum Gasteiger partial charge on any atom is -0.496 e. The smallest absolute Gasteiger partial charge is 0.410 e. The molecule has 18 nitrogen and oxygen atoms in total. The maximum Gasteiger partial charge on any atom is 0.410 e. The summed E-state index contributed by atoms with van der Waals surface area (Å²) in [6.45, 7) is 2.47. The summed E-state index contributed by atoms with van der Waals surface area (Å²) >= 11 is 0. The number of piperidine rings is 1. The van der Waals surface area contributed by atoms with Crippen LogP contribution in [0.2, 0.25) is 0 Å². The van der Waals surface area contributed by atoms with Gasteiger partial charge in [-0.15, -0.1) is 0 Å². The second-order valence-corrected chi connectivity index (χ2v) is 19.8. The van der Waals surface area contributed by atoms with E-state index in [1.165, 1.54) is 6.20 Å². The van der Waals surface area contributed by atoms with Crippen LogP contribution in [0.4, 0.5) is 4.79 Å². The van der Waals surface area contributed by atoms with Crippen molar-refractivity contribution < 1.29 is 33.4 Å². The van der Waals surface area contributed by atoms with Crippen LogP contribution in [0.3, 0.4) is 0 Å². The Labute approximate surface area is 382 Å². The van der Waals surface area contributed by atoms with Crippen LogP contribution in [0.15, 0.2) is 41.3 Å². The van der Waals surface area contributed by atoms with Gasteiger partial charge in [0.2, 0.25) is 17.7 Å². The molecule has 5 heterocycles. The third-order valence-electron chi connectivity index (χ3n) is 15.4. The number of pyridine rings is 1. The number of H-pyrrole nitrogens is 2. The van der Waals surface area contributed by atoms with Crippen molar-refractivity contribution in [2.24, 2.45) is 29.1 Å². The highest BCUT2D eigenvalue weighted by atomic mass is 16.6. The van der Waals surface area contributed by atoms with Gasteiger partial charge in [-0.3, -0.25) is 28.9 Å². The highest BCUT2D eigenvalue weighted by Crippen LogP contribution is 2.59. The first-order valence-electron chi connectivity index (χ1n) is 23.3. The van der Waals surface area contributed by atoms with Crippen LogP contribution in [0.5, 0.6) is 5.75 Å². The average Bonchev–Trinajstić information content (AvgIpc) is 3.85. The predicted molar refractivity (Wildman–Crippen MR) is 238 cm³/mol. The number of nitrogens with zero attached hydrogens (tertiary/aromatic N) is 4. The van der Waals surface area contributed by atoms with Gasteiger partial charge < -0.3 is 45.6 Å². The van der Waals surface area contributed by atoms with Crippen LogP contribution in [0.1, 0.15) is 85.8 Å². The van der Waals surface area contributed by atoms with E-state index in [9.17, 15) is 39.3 Å². The number of methoxy groups -OCH3 is 1.